The molecule has 1 atom stereocenters. The molecule has 0 spiro atoms. The number of nitrogens with one attached hydrogen (secondary N) is 1. The van der Waals surface area contributed by atoms with Crippen LogP contribution in [0.2, 0.25) is 0 Å². The van der Waals surface area contributed by atoms with Crippen molar-refractivity contribution >= 4 is 28.6 Å². The van der Waals surface area contributed by atoms with Crippen LogP contribution < -0.4 is 15.6 Å². The Hall–Kier alpha value is -4.29. The summed E-state index contributed by atoms with van der Waals surface area (Å²) in [5.41, 5.74) is -0.183. The van der Waals surface area contributed by atoms with Gasteiger partial charge in [-0.15, -0.1) is 0 Å². The van der Waals surface area contributed by atoms with Gasteiger partial charge >= 0.3 is 5.97 Å². The van der Waals surface area contributed by atoms with Gasteiger partial charge in [0.2, 0.25) is 17.5 Å². The number of carboxylic acids is 1. The van der Waals surface area contributed by atoms with Crippen LogP contribution in [0, 0.1) is 23.3 Å². The highest BCUT2D eigenvalue weighted by Gasteiger charge is 2.27. The quantitative estimate of drug-likeness (QED) is 0.351. The molecule has 0 fully saturated rings. The van der Waals surface area contributed by atoms with Gasteiger partial charge in [-0.3, -0.25) is 23.7 Å². The molecule has 0 aliphatic rings. The maximum absolute atomic E-state index is 13.7. The summed E-state index contributed by atoms with van der Waals surface area (Å²) in [4.78, 5) is 52.3. The van der Waals surface area contributed by atoms with Crippen molar-refractivity contribution in [2.24, 2.45) is 0 Å². The molecule has 3 aromatic rings. The number of rotatable bonds is 9. The third-order valence-electron chi connectivity index (χ3n) is 4.58. The number of para-hydroxylation sites is 1. The highest BCUT2D eigenvalue weighted by atomic mass is 19.2. The van der Waals surface area contributed by atoms with E-state index in [4.69, 9.17) is 5.11 Å². The number of ketones is 1. The van der Waals surface area contributed by atoms with Crippen LogP contribution in [0.5, 0.6) is 5.75 Å². The second kappa shape index (κ2) is 10.1. The number of amides is 1. The van der Waals surface area contributed by atoms with Gasteiger partial charge in [-0.2, -0.15) is 8.78 Å². The lowest BCUT2D eigenvalue weighted by atomic mass is 10.1. The monoisotopic (exact) mass is 481 g/mol. The Morgan fingerprint density at radius 1 is 1.09 bits per heavy atom. The van der Waals surface area contributed by atoms with Gasteiger partial charge in [-0.1, -0.05) is 12.1 Å². The Labute approximate surface area is 187 Å². The topological polar surface area (TPSA) is 128 Å². The zero-order valence-corrected chi connectivity index (χ0v) is 17.1. The fraction of sp³-hybridized carbons (Fsp3) is 0.190. The number of nitrogens with zero attached hydrogens (tertiary/aromatic N) is 2. The molecule has 1 unspecified atom stereocenters. The largest absolute Gasteiger partial charge is 0.481 e. The minimum atomic E-state index is -1.89. The molecule has 178 valence electrons. The Kier molecular flexibility index (Phi) is 7.24. The fourth-order valence-electron chi connectivity index (χ4n) is 2.96. The molecule has 2 N–H and O–H groups in total. The molecule has 1 amide bonds. The third-order valence-corrected chi connectivity index (χ3v) is 4.58. The van der Waals surface area contributed by atoms with Crippen molar-refractivity contribution in [3.63, 3.8) is 0 Å². The second-order valence-electron chi connectivity index (χ2n) is 6.97. The summed E-state index contributed by atoms with van der Waals surface area (Å²) in [7, 11) is 0. The predicted octanol–water partition coefficient (Wildman–Crippen LogP) is 1.56. The highest BCUT2D eigenvalue weighted by Crippen LogP contribution is 2.26. The number of ether oxygens (including phenoxy) is 1. The first-order chi connectivity index (χ1) is 16.1. The van der Waals surface area contributed by atoms with E-state index in [1.807, 2.05) is 0 Å². The van der Waals surface area contributed by atoms with Crippen LogP contribution in [-0.2, 0) is 20.9 Å². The fourth-order valence-corrected chi connectivity index (χ4v) is 2.96. The van der Waals surface area contributed by atoms with Crippen LogP contribution >= 0.6 is 0 Å². The Morgan fingerprint density at radius 3 is 2.38 bits per heavy atom. The lowest BCUT2D eigenvalue weighted by Gasteiger charge is -2.17. The molecular formula is C21H15F4N3O6. The standard InChI is InChI=1S/C21H15F4N3O6/c22-11-5-12(23)19(25)20(18(11)24)34-8-15(29)14(6-17(31)32)27-16(30)7-28-9-26-13-4-2-1-3-10(13)21(28)33/h1-5,9,14H,6-8H2,(H,27,30)(H,31,32). The summed E-state index contributed by atoms with van der Waals surface area (Å²) in [6, 6.07) is 4.52. The van der Waals surface area contributed by atoms with E-state index in [0.717, 1.165) is 10.9 Å². The zero-order chi connectivity index (χ0) is 25.0. The number of carbonyl (C=O) groups excluding carboxylic acids is 2. The van der Waals surface area contributed by atoms with Gasteiger partial charge in [0.15, 0.2) is 23.2 Å². The lowest BCUT2D eigenvalue weighted by molar-refractivity contribution is -0.140. The summed E-state index contributed by atoms with van der Waals surface area (Å²) >= 11 is 0. The van der Waals surface area contributed by atoms with Crippen molar-refractivity contribution < 1.29 is 41.8 Å². The van der Waals surface area contributed by atoms with Gasteiger partial charge in [0.1, 0.15) is 19.2 Å². The van der Waals surface area contributed by atoms with E-state index in [9.17, 15) is 36.7 Å². The first-order valence-corrected chi connectivity index (χ1v) is 9.52. The highest BCUT2D eigenvalue weighted by molar-refractivity contribution is 5.92. The van der Waals surface area contributed by atoms with Crippen LogP contribution in [0.1, 0.15) is 6.42 Å². The van der Waals surface area contributed by atoms with E-state index in [1.54, 1.807) is 18.2 Å². The molecule has 1 heterocycles. The molecule has 0 radical (unpaired) electrons. The van der Waals surface area contributed by atoms with Crippen molar-refractivity contribution in [2.45, 2.75) is 19.0 Å². The summed E-state index contributed by atoms with van der Waals surface area (Å²) in [6.07, 6.45) is 0.146. The van der Waals surface area contributed by atoms with Gasteiger partial charge in [0.25, 0.3) is 5.56 Å². The molecule has 0 bridgehead atoms. The van der Waals surface area contributed by atoms with Gasteiger partial charge in [0.05, 0.1) is 23.7 Å². The van der Waals surface area contributed by atoms with Crippen molar-refractivity contribution in [2.75, 3.05) is 6.61 Å². The molecule has 0 aliphatic heterocycles. The molecule has 3 rings (SSSR count). The van der Waals surface area contributed by atoms with Gasteiger partial charge in [-0.05, 0) is 12.1 Å². The lowest BCUT2D eigenvalue weighted by Crippen LogP contribution is -2.46. The van der Waals surface area contributed by atoms with Crippen LogP contribution in [0.25, 0.3) is 10.9 Å². The number of hydrogen-bond acceptors (Lipinski definition) is 6. The van der Waals surface area contributed by atoms with E-state index in [-0.39, 0.29) is 11.5 Å². The first kappa shape index (κ1) is 24.4. The molecule has 2 aromatic carbocycles. The van der Waals surface area contributed by atoms with Gasteiger partial charge in [0, 0.05) is 6.07 Å². The smallest absolute Gasteiger partial charge is 0.305 e. The molecule has 13 heteroatoms. The number of aromatic nitrogens is 2. The number of fused-ring (bicyclic) bond motifs is 1. The predicted molar refractivity (Wildman–Crippen MR) is 107 cm³/mol. The minimum Gasteiger partial charge on any atom is -0.481 e. The van der Waals surface area contributed by atoms with Crippen molar-refractivity contribution in [3.8, 4) is 5.75 Å². The molecular weight excluding hydrogens is 466 g/mol. The number of carboxylic acid groups (broad SMARTS) is 1. The number of halogens is 4. The van der Waals surface area contributed by atoms with Crippen molar-refractivity contribution in [1.29, 1.82) is 0 Å². The van der Waals surface area contributed by atoms with Crippen LogP contribution in [0.3, 0.4) is 0 Å². The molecule has 1 aromatic heterocycles. The zero-order valence-electron chi connectivity index (χ0n) is 17.1. The Morgan fingerprint density at radius 2 is 1.74 bits per heavy atom. The maximum Gasteiger partial charge on any atom is 0.305 e. The van der Waals surface area contributed by atoms with Crippen LogP contribution in [0.4, 0.5) is 17.6 Å². The number of Topliss-reactive ketones (excluding diaryl/α,β-unsaturated/α-hetero) is 1. The second-order valence-corrected chi connectivity index (χ2v) is 6.97. The SMILES string of the molecule is O=C(O)CC(NC(=O)Cn1cnc2ccccc2c1=O)C(=O)COc1c(F)c(F)cc(F)c1F. The number of benzene rings is 2. The normalized spacial score (nSPS) is 11.8. The average Bonchev–Trinajstić information content (AvgIpc) is 2.79. The Bertz CT molecular complexity index is 1320. The number of carbonyl (C=O) groups is 3. The summed E-state index contributed by atoms with van der Waals surface area (Å²) < 4.78 is 59.4. The number of aliphatic carboxylic acids is 1. The Balaban J connectivity index is 1.73. The van der Waals surface area contributed by atoms with E-state index >= 15 is 0 Å². The molecule has 0 saturated heterocycles. The van der Waals surface area contributed by atoms with Crippen LogP contribution in [-0.4, -0.2) is 45.0 Å². The van der Waals surface area contributed by atoms with E-state index in [0.29, 0.717) is 5.52 Å². The van der Waals surface area contributed by atoms with Crippen molar-refractivity contribution in [1.82, 2.24) is 14.9 Å². The summed E-state index contributed by atoms with van der Waals surface area (Å²) in [5, 5.41) is 11.3. The van der Waals surface area contributed by atoms with E-state index in [2.05, 4.69) is 15.0 Å². The van der Waals surface area contributed by atoms with Gasteiger partial charge < -0.3 is 15.2 Å². The van der Waals surface area contributed by atoms with E-state index in [1.165, 1.54) is 6.07 Å². The molecule has 0 aliphatic carbocycles. The molecule has 34 heavy (non-hydrogen) atoms. The third kappa shape index (κ3) is 5.36. The molecule has 0 saturated carbocycles. The van der Waals surface area contributed by atoms with Gasteiger partial charge in [-0.25, -0.2) is 13.8 Å². The van der Waals surface area contributed by atoms with E-state index < -0.39 is 77.9 Å². The summed E-state index contributed by atoms with van der Waals surface area (Å²) in [6.45, 7) is -1.84. The van der Waals surface area contributed by atoms with Crippen molar-refractivity contribution in [3.05, 3.63) is 70.3 Å². The minimum absolute atomic E-state index is 0.0591. The first-order valence-electron chi connectivity index (χ1n) is 9.52. The summed E-state index contributed by atoms with van der Waals surface area (Å²) in [5.74, 6) is -12.5. The average molecular weight is 481 g/mol. The maximum atomic E-state index is 13.7. The molecule has 9 nitrogen and oxygen atoms in total. The number of hydrogen-bond donors (Lipinski definition) is 2. The van der Waals surface area contributed by atoms with Crippen LogP contribution in [0.15, 0.2) is 41.5 Å².